The molecule has 1 saturated carbocycles. The Balaban J connectivity index is 1.60. The Hall–Kier alpha value is -2.68. The third-order valence-corrected chi connectivity index (χ3v) is 4.32. The molecule has 0 radical (unpaired) electrons. The fourth-order valence-corrected chi connectivity index (χ4v) is 2.89. The molecule has 0 saturated heterocycles. The van der Waals surface area contributed by atoms with Crippen molar-refractivity contribution in [3.63, 3.8) is 0 Å². The molecule has 0 bridgehead atoms. The van der Waals surface area contributed by atoms with E-state index in [9.17, 15) is 4.79 Å². The number of nitrogens with one attached hydrogen (secondary N) is 3. The number of hydrogen-bond acceptors (Lipinski definition) is 8. The van der Waals surface area contributed by atoms with Crippen molar-refractivity contribution in [2.45, 2.75) is 31.7 Å². The lowest BCUT2D eigenvalue weighted by molar-refractivity contribution is 0.345. The fourth-order valence-electron chi connectivity index (χ4n) is 2.89. The number of H-pyrrole nitrogens is 1. The Morgan fingerprint density at radius 1 is 1.19 bits per heavy atom. The summed E-state index contributed by atoms with van der Waals surface area (Å²) in [5.74, 6) is 2.35. The molecule has 1 aliphatic rings. The van der Waals surface area contributed by atoms with Crippen molar-refractivity contribution >= 4 is 17.7 Å². The summed E-state index contributed by atoms with van der Waals surface area (Å²) in [6.07, 6.45) is 1.94. The molecule has 2 aromatic rings. The molecule has 0 amide bonds. The summed E-state index contributed by atoms with van der Waals surface area (Å²) in [4.78, 5) is 29.4. The first-order valence-electron chi connectivity index (χ1n) is 8.78. The second-order valence-corrected chi connectivity index (χ2v) is 6.89. The summed E-state index contributed by atoms with van der Waals surface area (Å²) in [6, 6.07) is 3.74. The van der Waals surface area contributed by atoms with Gasteiger partial charge in [0.25, 0.3) is 5.56 Å². The Kier molecular flexibility index (Phi) is 5.36. The van der Waals surface area contributed by atoms with Crippen LogP contribution in [0.3, 0.4) is 0 Å². The third kappa shape index (κ3) is 4.48. The van der Waals surface area contributed by atoms with Gasteiger partial charge >= 0.3 is 0 Å². The molecular formula is C17H26N8O. The predicted octanol–water partition coefficient (Wildman–Crippen LogP) is 0.663. The van der Waals surface area contributed by atoms with Gasteiger partial charge in [-0.05, 0) is 19.8 Å². The molecule has 0 spiro atoms. The van der Waals surface area contributed by atoms with Crippen LogP contribution in [0.15, 0.2) is 16.9 Å². The SMILES string of the molecule is Cc1cc(=O)[nH]c(NCCNc2cc(C3CC(N)C3)nc(N(C)C)n2)n1. The van der Waals surface area contributed by atoms with E-state index in [0.29, 0.717) is 36.6 Å². The van der Waals surface area contributed by atoms with Gasteiger partial charge in [-0.3, -0.25) is 9.78 Å². The van der Waals surface area contributed by atoms with Gasteiger partial charge in [0.05, 0.1) is 5.69 Å². The summed E-state index contributed by atoms with van der Waals surface area (Å²) in [5.41, 5.74) is 7.46. The average Bonchev–Trinajstić information content (AvgIpc) is 2.55. The first-order valence-corrected chi connectivity index (χ1v) is 8.78. The Bertz CT molecular complexity index is 813. The molecular weight excluding hydrogens is 332 g/mol. The quantitative estimate of drug-likeness (QED) is 0.532. The standard InChI is InChI=1S/C17H26N8O/c1-10-6-15(26)24-16(21-10)20-5-4-19-14-9-13(11-7-12(18)8-11)22-17(23-14)25(2)3/h6,9,11-12H,4-5,7-8,18H2,1-3H3,(H,19,22,23)(H2,20,21,24,26). The first-order chi connectivity index (χ1) is 12.4. The summed E-state index contributed by atoms with van der Waals surface area (Å²) in [5, 5.41) is 6.40. The minimum absolute atomic E-state index is 0.164. The van der Waals surface area contributed by atoms with Crippen LogP contribution in [-0.2, 0) is 0 Å². The van der Waals surface area contributed by atoms with Gasteiger partial charge in [0, 0.05) is 57.0 Å². The molecule has 0 aliphatic heterocycles. The van der Waals surface area contributed by atoms with Crippen molar-refractivity contribution in [1.29, 1.82) is 0 Å². The number of nitrogens with zero attached hydrogens (tertiary/aromatic N) is 4. The highest BCUT2D eigenvalue weighted by Gasteiger charge is 2.29. The molecule has 9 nitrogen and oxygen atoms in total. The maximum absolute atomic E-state index is 11.4. The lowest BCUT2D eigenvalue weighted by Gasteiger charge is -2.32. The van der Waals surface area contributed by atoms with Crippen LogP contribution >= 0.6 is 0 Å². The number of hydrogen-bond donors (Lipinski definition) is 4. The van der Waals surface area contributed by atoms with Crippen LogP contribution in [0.25, 0.3) is 0 Å². The van der Waals surface area contributed by atoms with Crippen molar-refractivity contribution < 1.29 is 0 Å². The van der Waals surface area contributed by atoms with Gasteiger partial charge in [-0.2, -0.15) is 4.98 Å². The maximum atomic E-state index is 11.4. The van der Waals surface area contributed by atoms with Gasteiger partial charge in [-0.25, -0.2) is 9.97 Å². The van der Waals surface area contributed by atoms with Crippen molar-refractivity contribution in [2.75, 3.05) is 42.7 Å². The monoisotopic (exact) mass is 358 g/mol. The molecule has 140 valence electrons. The summed E-state index contributed by atoms with van der Waals surface area (Å²) in [6.45, 7) is 3.01. The molecule has 5 N–H and O–H groups in total. The van der Waals surface area contributed by atoms with E-state index in [1.807, 2.05) is 25.1 Å². The minimum Gasteiger partial charge on any atom is -0.368 e. The smallest absolute Gasteiger partial charge is 0.252 e. The molecule has 3 rings (SSSR count). The maximum Gasteiger partial charge on any atom is 0.252 e. The van der Waals surface area contributed by atoms with Crippen molar-refractivity contribution in [3.8, 4) is 0 Å². The second-order valence-electron chi connectivity index (χ2n) is 6.89. The lowest BCUT2D eigenvalue weighted by Crippen LogP contribution is -2.35. The molecule has 2 aromatic heterocycles. The lowest BCUT2D eigenvalue weighted by atomic mass is 9.78. The van der Waals surface area contributed by atoms with E-state index in [-0.39, 0.29) is 11.6 Å². The van der Waals surface area contributed by atoms with Crippen LogP contribution < -0.4 is 26.8 Å². The van der Waals surface area contributed by atoms with Crippen molar-refractivity contribution in [3.05, 3.63) is 33.9 Å². The van der Waals surface area contributed by atoms with E-state index in [1.54, 1.807) is 6.92 Å². The first kappa shape index (κ1) is 18.1. The zero-order valence-electron chi connectivity index (χ0n) is 15.4. The van der Waals surface area contributed by atoms with Gasteiger partial charge in [0.15, 0.2) is 0 Å². The van der Waals surface area contributed by atoms with Gasteiger partial charge in [0.2, 0.25) is 11.9 Å². The largest absolute Gasteiger partial charge is 0.368 e. The van der Waals surface area contributed by atoms with E-state index < -0.39 is 0 Å². The third-order valence-electron chi connectivity index (χ3n) is 4.32. The number of rotatable bonds is 7. The van der Waals surface area contributed by atoms with Crippen LogP contribution in [0.5, 0.6) is 0 Å². The van der Waals surface area contributed by atoms with Crippen LogP contribution in [0.4, 0.5) is 17.7 Å². The second kappa shape index (κ2) is 7.69. The Morgan fingerprint density at radius 2 is 1.92 bits per heavy atom. The van der Waals surface area contributed by atoms with Crippen LogP contribution in [0, 0.1) is 6.92 Å². The van der Waals surface area contributed by atoms with Crippen LogP contribution in [-0.4, -0.2) is 53.2 Å². The molecule has 9 heteroatoms. The highest BCUT2D eigenvalue weighted by Crippen LogP contribution is 2.35. The van der Waals surface area contributed by atoms with Gasteiger partial charge in [-0.15, -0.1) is 0 Å². The van der Waals surface area contributed by atoms with E-state index in [0.717, 1.165) is 24.4 Å². The van der Waals surface area contributed by atoms with E-state index in [1.165, 1.54) is 6.07 Å². The highest BCUT2D eigenvalue weighted by molar-refractivity contribution is 5.44. The van der Waals surface area contributed by atoms with Gasteiger partial charge < -0.3 is 21.3 Å². The minimum atomic E-state index is -0.164. The van der Waals surface area contributed by atoms with E-state index >= 15 is 0 Å². The summed E-state index contributed by atoms with van der Waals surface area (Å²) in [7, 11) is 3.85. The number of aromatic amines is 1. The molecule has 1 aliphatic carbocycles. The van der Waals surface area contributed by atoms with Crippen molar-refractivity contribution in [1.82, 2.24) is 19.9 Å². The van der Waals surface area contributed by atoms with Gasteiger partial charge in [0.1, 0.15) is 5.82 Å². The van der Waals surface area contributed by atoms with E-state index in [4.69, 9.17) is 5.73 Å². The molecule has 2 heterocycles. The van der Waals surface area contributed by atoms with Crippen LogP contribution in [0.2, 0.25) is 0 Å². The van der Waals surface area contributed by atoms with Crippen LogP contribution in [0.1, 0.15) is 30.1 Å². The highest BCUT2D eigenvalue weighted by atomic mass is 16.1. The zero-order chi connectivity index (χ0) is 18.7. The number of aromatic nitrogens is 4. The Morgan fingerprint density at radius 3 is 2.58 bits per heavy atom. The molecule has 0 unspecified atom stereocenters. The topological polar surface area (TPSA) is 125 Å². The average molecular weight is 358 g/mol. The normalized spacial score (nSPS) is 18.9. The molecule has 26 heavy (non-hydrogen) atoms. The number of aryl methyl sites for hydroxylation is 1. The summed E-state index contributed by atoms with van der Waals surface area (Å²) >= 11 is 0. The fraction of sp³-hybridized carbons (Fsp3) is 0.529. The summed E-state index contributed by atoms with van der Waals surface area (Å²) < 4.78 is 0. The van der Waals surface area contributed by atoms with Crippen molar-refractivity contribution in [2.24, 2.45) is 5.73 Å². The number of nitrogens with two attached hydrogens (primary N) is 1. The molecule has 0 atom stereocenters. The molecule has 0 aromatic carbocycles. The zero-order valence-corrected chi connectivity index (χ0v) is 15.4. The number of anilines is 3. The van der Waals surface area contributed by atoms with E-state index in [2.05, 4.69) is 30.6 Å². The molecule has 1 fully saturated rings. The van der Waals surface area contributed by atoms with Gasteiger partial charge in [-0.1, -0.05) is 0 Å². The predicted molar refractivity (Wildman–Crippen MR) is 103 cm³/mol. The Labute approximate surface area is 152 Å².